The number of carbonyl (C=O) groups is 1. The summed E-state index contributed by atoms with van der Waals surface area (Å²) in [6.07, 6.45) is -0.630. The molecule has 1 aliphatic rings. The highest BCUT2D eigenvalue weighted by molar-refractivity contribution is 9.10. The lowest BCUT2D eigenvalue weighted by molar-refractivity contribution is -0.385. The van der Waals surface area contributed by atoms with Gasteiger partial charge in [-0.3, -0.25) is 15.0 Å². The molecule has 9 heteroatoms. The second-order valence-electron chi connectivity index (χ2n) is 5.09. The van der Waals surface area contributed by atoms with Gasteiger partial charge in [0, 0.05) is 16.1 Å². The minimum absolute atomic E-state index is 0.0240. The van der Waals surface area contributed by atoms with E-state index in [4.69, 9.17) is 9.57 Å². The molecule has 8 nitrogen and oxygen atoms in total. The van der Waals surface area contributed by atoms with Crippen molar-refractivity contribution >= 4 is 33.3 Å². The third kappa shape index (κ3) is 3.50. The molecular formula is C14H16BrN3O5. The number of benzene rings is 1. The average molecular weight is 386 g/mol. The smallest absolute Gasteiger partial charge is 0.356 e. The predicted octanol–water partition coefficient (Wildman–Crippen LogP) is 2.28. The van der Waals surface area contributed by atoms with E-state index in [2.05, 4.69) is 21.1 Å². The molecule has 23 heavy (non-hydrogen) atoms. The Bertz CT molecular complexity index is 662. The lowest BCUT2D eigenvalue weighted by Crippen LogP contribution is -2.37. The number of esters is 1. The van der Waals surface area contributed by atoms with Crippen LogP contribution in [0.5, 0.6) is 0 Å². The quantitative estimate of drug-likeness (QED) is 0.438. The number of halogens is 1. The van der Waals surface area contributed by atoms with Gasteiger partial charge in [-0.05, 0) is 27.1 Å². The van der Waals surface area contributed by atoms with Crippen molar-refractivity contribution in [2.75, 3.05) is 20.7 Å². The van der Waals surface area contributed by atoms with Crippen LogP contribution < -0.4 is 0 Å². The minimum Gasteiger partial charge on any atom is -0.461 e. The summed E-state index contributed by atoms with van der Waals surface area (Å²) < 4.78 is 5.55. The number of likely N-dealkylation sites (N-methyl/N-ethyl adjacent to an activating group) is 1. The summed E-state index contributed by atoms with van der Waals surface area (Å²) in [7, 11) is 3.48. The molecule has 1 aromatic carbocycles. The van der Waals surface area contributed by atoms with Crippen molar-refractivity contribution < 1.29 is 19.3 Å². The SMILES string of the molecule is CCOC(=O)C1=NOC(N(C)C)C1c1ccc(Br)cc1[N+](=O)[O-]. The van der Waals surface area contributed by atoms with E-state index in [0.29, 0.717) is 10.0 Å². The summed E-state index contributed by atoms with van der Waals surface area (Å²) in [4.78, 5) is 30.0. The molecule has 0 fully saturated rings. The van der Waals surface area contributed by atoms with Crippen molar-refractivity contribution in [2.45, 2.75) is 19.1 Å². The first kappa shape index (κ1) is 17.4. The van der Waals surface area contributed by atoms with E-state index in [9.17, 15) is 14.9 Å². The lowest BCUT2D eigenvalue weighted by atomic mass is 9.91. The van der Waals surface area contributed by atoms with Gasteiger partial charge in [0.25, 0.3) is 5.69 Å². The molecule has 1 aromatic rings. The Morgan fingerprint density at radius 3 is 2.78 bits per heavy atom. The Balaban J connectivity index is 2.53. The highest BCUT2D eigenvalue weighted by atomic mass is 79.9. The highest BCUT2D eigenvalue weighted by Crippen LogP contribution is 2.37. The molecule has 0 radical (unpaired) electrons. The number of nitro benzene ring substituents is 1. The number of hydrogen-bond acceptors (Lipinski definition) is 7. The standard InChI is InChI=1S/C14H16BrN3O5/c1-4-22-14(19)12-11(13(17(2)3)23-16-12)9-6-5-8(15)7-10(9)18(20)21/h5-7,11,13H,4H2,1-3H3. The summed E-state index contributed by atoms with van der Waals surface area (Å²) >= 11 is 3.22. The van der Waals surface area contributed by atoms with E-state index in [1.165, 1.54) is 6.07 Å². The zero-order valence-electron chi connectivity index (χ0n) is 12.9. The predicted molar refractivity (Wildman–Crippen MR) is 86.2 cm³/mol. The Kier molecular flexibility index (Phi) is 5.32. The first-order valence-corrected chi connectivity index (χ1v) is 7.67. The Hall–Kier alpha value is -2.00. The van der Waals surface area contributed by atoms with Crippen molar-refractivity contribution in [3.8, 4) is 0 Å². The van der Waals surface area contributed by atoms with Crippen LogP contribution in [0.1, 0.15) is 18.4 Å². The Labute approximate surface area is 141 Å². The fraction of sp³-hybridized carbons (Fsp3) is 0.429. The first-order valence-electron chi connectivity index (χ1n) is 6.87. The van der Waals surface area contributed by atoms with E-state index in [-0.39, 0.29) is 18.0 Å². The molecule has 0 saturated heterocycles. The average Bonchev–Trinajstić information content (AvgIpc) is 2.92. The molecule has 0 spiro atoms. The molecule has 0 saturated carbocycles. The summed E-state index contributed by atoms with van der Waals surface area (Å²) in [6.45, 7) is 1.86. The summed E-state index contributed by atoms with van der Waals surface area (Å²) in [6, 6.07) is 4.66. The summed E-state index contributed by atoms with van der Waals surface area (Å²) in [5.74, 6) is -1.35. The van der Waals surface area contributed by atoms with E-state index >= 15 is 0 Å². The molecule has 0 bridgehead atoms. The van der Waals surface area contributed by atoms with Gasteiger partial charge in [-0.15, -0.1) is 0 Å². The van der Waals surface area contributed by atoms with Crippen molar-refractivity contribution in [1.29, 1.82) is 0 Å². The van der Waals surface area contributed by atoms with Crippen LogP contribution in [0.25, 0.3) is 0 Å². The molecule has 1 heterocycles. The first-order chi connectivity index (χ1) is 10.9. The van der Waals surface area contributed by atoms with Crippen LogP contribution in [0.15, 0.2) is 27.8 Å². The Morgan fingerprint density at radius 1 is 1.52 bits per heavy atom. The largest absolute Gasteiger partial charge is 0.461 e. The van der Waals surface area contributed by atoms with Crippen LogP contribution in [0.3, 0.4) is 0 Å². The normalized spacial score (nSPS) is 20.1. The third-order valence-corrected chi connectivity index (χ3v) is 3.85. The van der Waals surface area contributed by atoms with Crippen LogP contribution in [0, 0.1) is 10.1 Å². The monoisotopic (exact) mass is 385 g/mol. The summed E-state index contributed by atoms with van der Waals surface area (Å²) in [5, 5.41) is 15.2. The number of oxime groups is 1. The topological polar surface area (TPSA) is 94.3 Å². The maximum atomic E-state index is 12.1. The van der Waals surface area contributed by atoms with E-state index < -0.39 is 23.0 Å². The number of nitrogens with zero attached hydrogens (tertiary/aromatic N) is 3. The van der Waals surface area contributed by atoms with Gasteiger partial charge in [0.2, 0.25) is 0 Å². The van der Waals surface area contributed by atoms with Gasteiger partial charge >= 0.3 is 5.97 Å². The van der Waals surface area contributed by atoms with Crippen molar-refractivity contribution in [2.24, 2.45) is 5.16 Å². The van der Waals surface area contributed by atoms with Gasteiger partial charge in [-0.25, -0.2) is 4.79 Å². The zero-order chi connectivity index (χ0) is 17.1. The van der Waals surface area contributed by atoms with E-state index in [0.717, 1.165) is 0 Å². The number of rotatable bonds is 5. The maximum Gasteiger partial charge on any atom is 0.356 e. The van der Waals surface area contributed by atoms with Crippen molar-refractivity contribution in [3.63, 3.8) is 0 Å². The van der Waals surface area contributed by atoms with Crippen molar-refractivity contribution in [3.05, 3.63) is 38.3 Å². The molecule has 124 valence electrons. The fourth-order valence-electron chi connectivity index (χ4n) is 2.36. The second kappa shape index (κ2) is 7.05. The van der Waals surface area contributed by atoms with Gasteiger partial charge in [-0.1, -0.05) is 27.2 Å². The van der Waals surface area contributed by atoms with Crippen LogP contribution >= 0.6 is 15.9 Å². The van der Waals surface area contributed by atoms with Crippen LogP contribution in [-0.4, -0.2) is 48.4 Å². The fourth-order valence-corrected chi connectivity index (χ4v) is 2.71. The van der Waals surface area contributed by atoms with Gasteiger partial charge < -0.3 is 9.57 Å². The zero-order valence-corrected chi connectivity index (χ0v) is 14.4. The number of ether oxygens (including phenoxy) is 1. The molecule has 0 amide bonds. The summed E-state index contributed by atoms with van der Waals surface area (Å²) in [5.41, 5.74) is 0.260. The molecule has 1 aliphatic heterocycles. The van der Waals surface area contributed by atoms with E-state index in [1.807, 2.05) is 0 Å². The molecular weight excluding hydrogens is 370 g/mol. The van der Waals surface area contributed by atoms with Gasteiger partial charge in [0.15, 0.2) is 11.9 Å². The Morgan fingerprint density at radius 2 is 2.22 bits per heavy atom. The van der Waals surface area contributed by atoms with E-state index in [1.54, 1.807) is 38.1 Å². The highest BCUT2D eigenvalue weighted by Gasteiger charge is 2.44. The number of hydrogen-bond donors (Lipinski definition) is 0. The second-order valence-corrected chi connectivity index (χ2v) is 6.01. The van der Waals surface area contributed by atoms with Crippen molar-refractivity contribution in [1.82, 2.24) is 4.90 Å². The van der Waals surface area contributed by atoms with Crippen LogP contribution in [-0.2, 0) is 14.4 Å². The molecule has 0 aliphatic carbocycles. The van der Waals surface area contributed by atoms with Gasteiger partial charge in [-0.2, -0.15) is 0 Å². The number of carbonyl (C=O) groups excluding carboxylic acids is 1. The molecule has 0 aromatic heterocycles. The minimum atomic E-state index is -0.711. The molecule has 2 rings (SSSR count). The van der Waals surface area contributed by atoms with Crippen LogP contribution in [0.4, 0.5) is 5.69 Å². The maximum absolute atomic E-state index is 12.1. The molecule has 0 N–H and O–H groups in total. The third-order valence-electron chi connectivity index (χ3n) is 3.36. The number of nitro groups is 1. The van der Waals surface area contributed by atoms with Gasteiger partial charge in [0.05, 0.1) is 17.4 Å². The lowest BCUT2D eigenvalue weighted by Gasteiger charge is -2.24. The molecule has 2 atom stereocenters. The van der Waals surface area contributed by atoms with Crippen LogP contribution in [0.2, 0.25) is 0 Å². The van der Waals surface area contributed by atoms with Gasteiger partial charge in [0.1, 0.15) is 0 Å². The molecule has 2 unspecified atom stereocenters.